The van der Waals surface area contributed by atoms with Crippen molar-refractivity contribution in [2.45, 2.75) is 12.8 Å². The number of benzene rings is 1. The highest BCUT2D eigenvalue weighted by Crippen LogP contribution is 2.14. The van der Waals surface area contributed by atoms with E-state index < -0.39 is 0 Å². The number of nitrogens with zero attached hydrogens (tertiary/aromatic N) is 2. The fourth-order valence-corrected chi connectivity index (χ4v) is 1.88. The van der Waals surface area contributed by atoms with Crippen LogP contribution >= 0.6 is 0 Å². The number of amidine groups is 1. The molecule has 1 heterocycles. The summed E-state index contributed by atoms with van der Waals surface area (Å²) in [4.78, 5) is 18.4. The minimum atomic E-state index is -0.00611. The fourth-order valence-electron chi connectivity index (χ4n) is 1.88. The zero-order chi connectivity index (χ0) is 12.3. The van der Waals surface area contributed by atoms with Crippen molar-refractivity contribution >= 4 is 11.6 Å². The number of aromatic hydroxyl groups is 1. The molecule has 0 aromatic heterocycles. The summed E-state index contributed by atoms with van der Waals surface area (Å²) in [5.41, 5.74) is 0.534. The van der Waals surface area contributed by atoms with Gasteiger partial charge in [-0.15, -0.1) is 0 Å². The van der Waals surface area contributed by atoms with Gasteiger partial charge in [-0.05, 0) is 18.6 Å². The highest BCUT2D eigenvalue weighted by Gasteiger charge is 2.16. The molecule has 0 aliphatic carbocycles. The van der Waals surface area contributed by atoms with Crippen molar-refractivity contribution in [3.8, 4) is 5.75 Å². The van der Waals surface area contributed by atoms with Gasteiger partial charge in [0.1, 0.15) is 11.6 Å². The molecule has 0 radical (unpaired) electrons. The molecule has 0 saturated heterocycles. The number of carbonyl (C=O) groups is 1. The Kier molecular flexibility index (Phi) is 3.42. The average molecular weight is 232 g/mol. The van der Waals surface area contributed by atoms with Crippen LogP contribution in [0.15, 0.2) is 29.3 Å². The number of hydrogen-bond donors (Lipinski definition) is 1. The first-order valence-electron chi connectivity index (χ1n) is 5.73. The molecule has 0 saturated carbocycles. The lowest BCUT2D eigenvalue weighted by molar-refractivity contribution is 0.0997. The lowest BCUT2D eigenvalue weighted by Crippen LogP contribution is -2.33. The zero-order valence-corrected chi connectivity index (χ0v) is 9.89. The van der Waals surface area contributed by atoms with E-state index in [9.17, 15) is 9.90 Å². The van der Waals surface area contributed by atoms with Crippen molar-refractivity contribution in [2.75, 3.05) is 20.1 Å². The lowest BCUT2D eigenvalue weighted by atomic mass is 10.1. The van der Waals surface area contributed by atoms with E-state index in [-0.39, 0.29) is 11.5 Å². The normalized spacial score (nSPS) is 15.6. The molecule has 0 atom stereocenters. The highest BCUT2D eigenvalue weighted by molar-refractivity contribution is 6.09. The van der Waals surface area contributed by atoms with Crippen LogP contribution in [0.25, 0.3) is 0 Å². The number of carbonyl (C=O) groups excluding carboxylic acids is 1. The molecule has 0 spiro atoms. The number of Topliss-reactive ketones (excluding diaryl/α,β-unsaturated/α-hetero) is 1. The molecule has 4 heteroatoms. The first-order chi connectivity index (χ1) is 8.16. The van der Waals surface area contributed by atoms with Gasteiger partial charge in [0.15, 0.2) is 5.78 Å². The predicted molar refractivity (Wildman–Crippen MR) is 66.6 cm³/mol. The number of hydrogen-bond acceptors (Lipinski definition) is 4. The molecule has 1 aliphatic heterocycles. The standard InChI is InChI=1S/C13H16N2O2/c1-15-7-3-6-14-13(15)9-12(17)10-4-2-5-11(16)8-10/h2,4-5,8,16H,3,6-7,9H2,1H3. The molecule has 2 rings (SSSR count). The third-order valence-corrected chi connectivity index (χ3v) is 2.87. The Labute approximate surface area is 101 Å². The van der Waals surface area contributed by atoms with Crippen LogP contribution < -0.4 is 0 Å². The summed E-state index contributed by atoms with van der Waals surface area (Å²) in [6.07, 6.45) is 1.35. The van der Waals surface area contributed by atoms with Gasteiger partial charge in [-0.1, -0.05) is 12.1 Å². The highest BCUT2D eigenvalue weighted by atomic mass is 16.3. The molecule has 1 aromatic rings. The maximum absolute atomic E-state index is 12.0. The van der Waals surface area contributed by atoms with Gasteiger partial charge in [0, 0.05) is 25.7 Å². The zero-order valence-electron chi connectivity index (χ0n) is 9.89. The number of aliphatic imine (C=N–C) groups is 1. The summed E-state index contributed by atoms with van der Waals surface area (Å²) in [7, 11) is 1.95. The van der Waals surface area contributed by atoms with Gasteiger partial charge in [-0.2, -0.15) is 0 Å². The number of phenols is 1. The fraction of sp³-hybridized carbons (Fsp3) is 0.385. The third kappa shape index (κ3) is 2.84. The van der Waals surface area contributed by atoms with E-state index in [0.717, 1.165) is 25.3 Å². The first kappa shape index (κ1) is 11.6. The Morgan fingerprint density at radius 1 is 1.53 bits per heavy atom. The monoisotopic (exact) mass is 232 g/mol. The summed E-state index contributed by atoms with van der Waals surface area (Å²) >= 11 is 0. The van der Waals surface area contributed by atoms with Crippen LogP contribution in [0.1, 0.15) is 23.2 Å². The van der Waals surface area contributed by atoms with Crippen LogP contribution in [0.3, 0.4) is 0 Å². The number of phenolic OH excluding ortho intramolecular Hbond substituents is 1. The quantitative estimate of drug-likeness (QED) is 0.807. The molecule has 17 heavy (non-hydrogen) atoms. The molecule has 1 aliphatic rings. The van der Waals surface area contributed by atoms with Crippen LogP contribution in [0, 0.1) is 0 Å². The van der Waals surface area contributed by atoms with E-state index in [0.29, 0.717) is 12.0 Å². The van der Waals surface area contributed by atoms with E-state index in [4.69, 9.17) is 0 Å². The summed E-state index contributed by atoms with van der Waals surface area (Å²) in [5.74, 6) is 0.952. The second-order valence-corrected chi connectivity index (χ2v) is 4.22. The van der Waals surface area contributed by atoms with E-state index in [2.05, 4.69) is 4.99 Å². The Morgan fingerprint density at radius 2 is 2.35 bits per heavy atom. The Bertz CT molecular complexity index is 454. The van der Waals surface area contributed by atoms with Gasteiger partial charge in [0.2, 0.25) is 0 Å². The predicted octanol–water partition coefficient (Wildman–Crippen LogP) is 1.70. The maximum atomic E-state index is 12.0. The van der Waals surface area contributed by atoms with Crippen molar-refractivity contribution in [1.29, 1.82) is 0 Å². The lowest BCUT2D eigenvalue weighted by Gasteiger charge is -2.24. The molecule has 0 unspecified atom stereocenters. The van der Waals surface area contributed by atoms with Gasteiger partial charge in [0.25, 0.3) is 0 Å². The van der Waals surface area contributed by atoms with Crippen molar-refractivity contribution in [1.82, 2.24) is 4.90 Å². The van der Waals surface area contributed by atoms with Crippen molar-refractivity contribution in [3.05, 3.63) is 29.8 Å². The molecular formula is C13H16N2O2. The Balaban J connectivity index is 2.09. The van der Waals surface area contributed by atoms with Crippen LogP contribution in [0.5, 0.6) is 5.75 Å². The van der Waals surface area contributed by atoms with Crippen LogP contribution in [-0.4, -0.2) is 41.8 Å². The van der Waals surface area contributed by atoms with Gasteiger partial charge in [-0.3, -0.25) is 9.79 Å². The third-order valence-electron chi connectivity index (χ3n) is 2.87. The SMILES string of the molecule is CN1CCCN=C1CC(=O)c1cccc(O)c1. The number of ketones is 1. The molecular weight excluding hydrogens is 216 g/mol. The molecule has 90 valence electrons. The Hall–Kier alpha value is -1.84. The Morgan fingerprint density at radius 3 is 3.06 bits per heavy atom. The number of rotatable bonds is 3. The van der Waals surface area contributed by atoms with Crippen molar-refractivity contribution < 1.29 is 9.90 Å². The minimum absolute atomic E-state index is 0.00611. The van der Waals surface area contributed by atoms with Gasteiger partial charge in [0.05, 0.1) is 6.42 Å². The van der Waals surface area contributed by atoms with Crippen molar-refractivity contribution in [3.63, 3.8) is 0 Å². The van der Waals surface area contributed by atoms with Gasteiger partial charge < -0.3 is 10.0 Å². The second-order valence-electron chi connectivity index (χ2n) is 4.22. The molecule has 0 amide bonds. The molecule has 1 aromatic carbocycles. The van der Waals surface area contributed by atoms with E-state index >= 15 is 0 Å². The molecule has 4 nitrogen and oxygen atoms in total. The largest absolute Gasteiger partial charge is 0.508 e. The van der Waals surface area contributed by atoms with Crippen LogP contribution in [0.4, 0.5) is 0 Å². The summed E-state index contributed by atoms with van der Waals surface area (Å²) < 4.78 is 0. The average Bonchev–Trinajstić information content (AvgIpc) is 2.32. The van der Waals surface area contributed by atoms with Crippen molar-refractivity contribution in [2.24, 2.45) is 4.99 Å². The first-order valence-corrected chi connectivity index (χ1v) is 5.73. The molecule has 0 fully saturated rings. The molecule has 0 bridgehead atoms. The maximum Gasteiger partial charge on any atom is 0.170 e. The van der Waals surface area contributed by atoms with E-state index in [1.54, 1.807) is 18.2 Å². The molecule has 1 N–H and O–H groups in total. The van der Waals surface area contributed by atoms with Gasteiger partial charge in [-0.25, -0.2) is 0 Å². The summed E-state index contributed by atoms with van der Waals surface area (Å²) in [5, 5.41) is 9.33. The van der Waals surface area contributed by atoms with E-state index in [1.165, 1.54) is 6.07 Å². The van der Waals surface area contributed by atoms with E-state index in [1.807, 2.05) is 11.9 Å². The smallest absolute Gasteiger partial charge is 0.170 e. The summed E-state index contributed by atoms with van der Waals surface area (Å²) in [6.45, 7) is 1.75. The van der Waals surface area contributed by atoms with Crippen LogP contribution in [0.2, 0.25) is 0 Å². The van der Waals surface area contributed by atoms with Crippen LogP contribution in [-0.2, 0) is 0 Å². The topological polar surface area (TPSA) is 52.9 Å². The second kappa shape index (κ2) is 4.99. The van der Waals surface area contributed by atoms with Gasteiger partial charge >= 0.3 is 0 Å². The summed E-state index contributed by atoms with van der Waals surface area (Å²) in [6, 6.07) is 6.44. The minimum Gasteiger partial charge on any atom is -0.508 e.